The number of esters is 1. The van der Waals surface area contributed by atoms with Crippen molar-refractivity contribution in [1.82, 2.24) is 5.32 Å². The standard InChI is InChI=1S/C21H28N2O6/c1-13-6-4-5-7-17(13)22-21(25)15(3)29-20(24)11-28-23-14(2)16-8-9-18-19(10-16)27-12-26-18/h8-10,13,15,17H,4-7,11-12H2,1-3H3,(H,22,25). The number of amides is 1. The second-order valence-corrected chi connectivity index (χ2v) is 7.53. The van der Waals surface area contributed by atoms with Gasteiger partial charge in [0.05, 0.1) is 5.71 Å². The van der Waals surface area contributed by atoms with Gasteiger partial charge in [-0.1, -0.05) is 24.9 Å². The number of ether oxygens (including phenoxy) is 3. The number of hydrogen-bond acceptors (Lipinski definition) is 7. The van der Waals surface area contributed by atoms with E-state index in [0.29, 0.717) is 23.1 Å². The summed E-state index contributed by atoms with van der Waals surface area (Å²) in [5, 5.41) is 6.92. The number of nitrogens with zero attached hydrogens (tertiary/aromatic N) is 1. The van der Waals surface area contributed by atoms with Crippen LogP contribution in [0.3, 0.4) is 0 Å². The van der Waals surface area contributed by atoms with E-state index in [1.807, 2.05) is 6.07 Å². The lowest BCUT2D eigenvalue weighted by molar-refractivity contribution is -0.159. The average molecular weight is 404 g/mol. The quantitative estimate of drug-likeness (QED) is 0.427. The molecule has 8 heteroatoms. The van der Waals surface area contributed by atoms with Gasteiger partial charge in [0.2, 0.25) is 13.4 Å². The minimum atomic E-state index is -0.876. The molecule has 1 saturated carbocycles. The maximum atomic E-state index is 12.3. The van der Waals surface area contributed by atoms with Crippen molar-refractivity contribution >= 4 is 17.6 Å². The molecule has 3 atom stereocenters. The number of oxime groups is 1. The van der Waals surface area contributed by atoms with E-state index in [-0.39, 0.29) is 25.3 Å². The smallest absolute Gasteiger partial charge is 0.347 e. The number of carbonyl (C=O) groups is 2. The number of carbonyl (C=O) groups excluding carboxylic acids is 2. The van der Waals surface area contributed by atoms with Crippen LogP contribution in [0.4, 0.5) is 0 Å². The van der Waals surface area contributed by atoms with Crippen molar-refractivity contribution in [2.75, 3.05) is 13.4 Å². The van der Waals surface area contributed by atoms with Crippen molar-refractivity contribution in [1.29, 1.82) is 0 Å². The highest BCUT2D eigenvalue weighted by atomic mass is 16.7. The minimum absolute atomic E-state index is 0.141. The fraction of sp³-hybridized carbons (Fsp3) is 0.571. The van der Waals surface area contributed by atoms with Crippen LogP contribution >= 0.6 is 0 Å². The van der Waals surface area contributed by atoms with Crippen molar-refractivity contribution in [3.8, 4) is 11.5 Å². The molecule has 1 aliphatic heterocycles. The van der Waals surface area contributed by atoms with Crippen LogP contribution in [0.15, 0.2) is 23.4 Å². The molecule has 0 spiro atoms. The van der Waals surface area contributed by atoms with E-state index in [9.17, 15) is 9.59 Å². The highest BCUT2D eigenvalue weighted by Gasteiger charge is 2.26. The van der Waals surface area contributed by atoms with Crippen LogP contribution < -0.4 is 14.8 Å². The molecule has 2 aliphatic rings. The maximum absolute atomic E-state index is 12.3. The Hall–Kier alpha value is -2.77. The molecule has 1 amide bonds. The zero-order valence-corrected chi connectivity index (χ0v) is 17.1. The van der Waals surface area contributed by atoms with Crippen LogP contribution in [-0.2, 0) is 19.2 Å². The largest absolute Gasteiger partial charge is 0.454 e. The molecule has 3 rings (SSSR count). The summed E-state index contributed by atoms with van der Waals surface area (Å²) in [7, 11) is 0. The van der Waals surface area contributed by atoms with E-state index in [2.05, 4.69) is 17.4 Å². The Kier molecular flexibility index (Phi) is 6.95. The fourth-order valence-electron chi connectivity index (χ4n) is 3.47. The molecule has 158 valence electrons. The van der Waals surface area contributed by atoms with Crippen molar-refractivity contribution in [3.05, 3.63) is 23.8 Å². The zero-order valence-electron chi connectivity index (χ0n) is 17.1. The Labute approximate surface area is 170 Å². The Morgan fingerprint density at radius 1 is 1.24 bits per heavy atom. The van der Waals surface area contributed by atoms with Crippen molar-refractivity contribution in [2.24, 2.45) is 11.1 Å². The topological polar surface area (TPSA) is 95.5 Å². The summed E-state index contributed by atoms with van der Waals surface area (Å²) in [6.45, 7) is 5.27. The molecule has 1 aromatic rings. The van der Waals surface area contributed by atoms with Gasteiger partial charge in [-0.3, -0.25) is 4.79 Å². The maximum Gasteiger partial charge on any atom is 0.347 e. The molecule has 1 aromatic carbocycles. The van der Waals surface area contributed by atoms with E-state index in [1.54, 1.807) is 26.0 Å². The lowest BCUT2D eigenvalue weighted by Crippen LogP contribution is -2.46. The van der Waals surface area contributed by atoms with E-state index < -0.39 is 12.1 Å². The zero-order chi connectivity index (χ0) is 20.8. The van der Waals surface area contributed by atoms with Gasteiger partial charge in [0.1, 0.15) is 0 Å². The van der Waals surface area contributed by atoms with Gasteiger partial charge in [-0.25, -0.2) is 4.79 Å². The second kappa shape index (κ2) is 9.62. The number of benzene rings is 1. The van der Waals surface area contributed by atoms with E-state index >= 15 is 0 Å². The van der Waals surface area contributed by atoms with Gasteiger partial charge in [0.25, 0.3) is 5.91 Å². The predicted molar refractivity (Wildman–Crippen MR) is 106 cm³/mol. The second-order valence-electron chi connectivity index (χ2n) is 7.53. The van der Waals surface area contributed by atoms with Crippen molar-refractivity contribution in [2.45, 2.75) is 58.6 Å². The number of nitrogens with one attached hydrogen (secondary N) is 1. The molecule has 0 bridgehead atoms. The highest BCUT2D eigenvalue weighted by Crippen LogP contribution is 2.32. The first kappa shape index (κ1) is 21.0. The summed E-state index contributed by atoms with van der Waals surface area (Å²) in [4.78, 5) is 29.3. The molecule has 0 aromatic heterocycles. The molecule has 1 fully saturated rings. The van der Waals surface area contributed by atoms with Gasteiger partial charge in [-0.15, -0.1) is 0 Å². The number of rotatable bonds is 7. The summed E-state index contributed by atoms with van der Waals surface area (Å²) >= 11 is 0. The van der Waals surface area contributed by atoms with E-state index in [4.69, 9.17) is 19.0 Å². The molecule has 0 saturated heterocycles. The summed E-state index contributed by atoms with van der Waals surface area (Å²) in [5.41, 5.74) is 1.37. The normalized spacial score (nSPS) is 22.0. The molecule has 1 aliphatic carbocycles. The van der Waals surface area contributed by atoms with Crippen LogP contribution in [0.2, 0.25) is 0 Å². The molecule has 0 radical (unpaired) electrons. The third-order valence-electron chi connectivity index (χ3n) is 5.29. The summed E-state index contributed by atoms with van der Waals surface area (Å²) < 4.78 is 15.8. The van der Waals surface area contributed by atoms with Crippen LogP contribution in [0.25, 0.3) is 0 Å². The molecule has 8 nitrogen and oxygen atoms in total. The highest BCUT2D eigenvalue weighted by molar-refractivity contribution is 5.99. The third-order valence-corrected chi connectivity index (χ3v) is 5.29. The number of hydrogen-bond donors (Lipinski definition) is 1. The van der Waals surface area contributed by atoms with Gasteiger partial charge in [-0.2, -0.15) is 0 Å². The van der Waals surface area contributed by atoms with E-state index in [0.717, 1.165) is 24.8 Å². The van der Waals surface area contributed by atoms with Crippen LogP contribution in [0.1, 0.15) is 52.0 Å². The van der Waals surface area contributed by atoms with Gasteiger partial charge >= 0.3 is 5.97 Å². The van der Waals surface area contributed by atoms with Crippen LogP contribution in [0.5, 0.6) is 11.5 Å². The third kappa shape index (κ3) is 5.62. The molecule has 1 heterocycles. The molecule has 3 unspecified atom stereocenters. The van der Waals surface area contributed by atoms with Gasteiger partial charge in [-0.05, 0) is 50.8 Å². The summed E-state index contributed by atoms with van der Waals surface area (Å²) in [5.74, 6) is 0.834. The molecular weight excluding hydrogens is 376 g/mol. The summed E-state index contributed by atoms with van der Waals surface area (Å²) in [6.07, 6.45) is 3.50. The number of fused-ring (bicyclic) bond motifs is 1. The Morgan fingerprint density at radius 2 is 2.00 bits per heavy atom. The monoisotopic (exact) mass is 404 g/mol. The first-order valence-electron chi connectivity index (χ1n) is 10.0. The van der Waals surface area contributed by atoms with Gasteiger partial charge in [0, 0.05) is 11.6 Å². The summed E-state index contributed by atoms with van der Waals surface area (Å²) in [6, 6.07) is 5.55. The van der Waals surface area contributed by atoms with E-state index in [1.165, 1.54) is 6.42 Å². The van der Waals surface area contributed by atoms with Crippen LogP contribution in [0, 0.1) is 5.92 Å². The molecule has 1 N–H and O–H groups in total. The first-order valence-corrected chi connectivity index (χ1v) is 10.0. The Balaban J connectivity index is 1.42. The van der Waals surface area contributed by atoms with Gasteiger partial charge < -0.3 is 24.4 Å². The molecule has 29 heavy (non-hydrogen) atoms. The SMILES string of the molecule is CC(=NOCC(=O)OC(C)C(=O)NC1CCCCC1C)c1ccc2c(c1)OCO2. The van der Waals surface area contributed by atoms with Crippen molar-refractivity contribution < 1.29 is 28.6 Å². The lowest BCUT2D eigenvalue weighted by atomic mass is 9.86. The molecular formula is C21H28N2O6. The average Bonchev–Trinajstić information content (AvgIpc) is 3.17. The lowest BCUT2D eigenvalue weighted by Gasteiger charge is -2.30. The van der Waals surface area contributed by atoms with Crippen LogP contribution in [-0.4, -0.2) is 43.1 Å². The minimum Gasteiger partial charge on any atom is -0.454 e. The fourth-order valence-corrected chi connectivity index (χ4v) is 3.47. The predicted octanol–water partition coefficient (Wildman–Crippen LogP) is 2.78. The first-order chi connectivity index (χ1) is 13.9. The Bertz CT molecular complexity index is 778. The Morgan fingerprint density at radius 3 is 2.79 bits per heavy atom. The van der Waals surface area contributed by atoms with Crippen molar-refractivity contribution in [3.63, 3.8) is 0 Å². The van der Waals surface area contributed by atoms with Gasteiger partial charge in [0.15, 0.2) is 17.6 Å².